The van der Waals surface area contributed by atoms with E-state index < -0.39 is 5.82 Å². The first-order chi connectivity index (χ1) is 7.56. The van der Waals surface area contributed by atoms with E-state index in [1.807, 2.05) is 0 Å². The van der Waals surface area contributed by atoms with Crippen molar-refractivity contribution in [2.24, 2.45) is 5.92 Å². The van der Waals surface area contributed by atoms with E-state index in [0.717, 1.165) is 18.9 Å². The summed E-state index contributed by atoms with van der Waals surface area (Å²) in [5.74, 6) is -0.263. The molecule has 0 spiro atoms. The molecule has 0 radical (unpaired) electrons. The van der Waals surface area contributed by atoms with Gasteiger partial charge in [0.2, 0.25) is 0 Å². The van der Waals surface area contributed by atoms with Crippen molar-refractivity contribution in [2.45, 2.75) is 25.8 Å². The van der Waals surface area contributed by atoms with E-state index >= 15 is 0 Å². The van der Waals surface area contributed by atoms with Crippen LogP contribution in [0, 0.1) is 11.7 Å². The summed E-state index contributed by atoms with van der Waals surface area (Å²) in [6, 6.07) is 4.31. The summed E-state index contributed by atoms with van der Waals surface area (Å²) in [6.07, 6.45) is 1.95. The zero-order chi connectivity index (χ0) is 11.7. The van der Waals surface area contributed by atoms with Crippen LogP contribution >= 0.6 is 0 Å². The average molecular weight is 222 g/mol. The van der Waals surface area contributed by atoms with Crippen LogP contribution in [-0.4, -0.2) is 11.9 Å². The molecule has 16 heavy (non-hydrogen) atoms. The van der Waals surface area contributed by atoms with Crippen LogP contribution in [0.4, 0.5) is 10.1 Å². The van der Waals surface area contributed by atoms with E-state index in [2.05, 4.69) is 12.2 Å². The van der Waals surface area contributed by atoms with E-state index in [1.165, 1.54) is 12.1 Å². The fourth-order valence-electron chi connectivity index (χ4n) is 2.00. The monoisotopic (exact) mass is 222 g/mol. The van der Waals surface area contributed by atoms with Crippen LogP contribution < -0.4 is 11.1 Å². The van der Waals surface area contributed by atoms with Crippen LogP contribution in [0.25, 0.3) is 0 Å². The summed E-state index contributed by atoms with van der Waals surface area (Å²) in [4.78, 5) is 11.7. The minimum Gasteiger partial charge on any atom is -0.399 e. The van der Waals surface area contributed by atoms with Crippen molar-refractivity contribution in [3.63, 3.8) is 0 Å². The van der Waals surface area contributed by atoms with Gasteiger partial charge in [-0.05, 0) is 37.0 Å². The fraction of sp³-hybridized carbons (Fsp3) is 0.417. The lowest BCUT2D eigenvalue weighted by Crippen LogP contribution is -2.43. The lowest BCUT2D eigenvalue weighted by Gasteiger charge is -2.33. The Hall–Kier alpha value is -1.58. The summed E-state index contributed by atoms with van der Waals surface area (Å²) in [6.45, 7) is 2.13. The van der Waals surface area contributed by atoms with Gasteiger partial charge in [-0.15, -0.1) is 0 Å². The van der Waals surface area contributed by atoms with Crippen molar-refractivity contribution in [1.82, 2.24) is 5.32 Å². The Morgan fingerprint density at radius 1 is 1.50 bits per heavy atom. The Bertz CT molecular complexity index is 413. The third-order valence-electron chi connectivity index (χ3n) is 2.95. The lowest BCUT2D eigenvalue weighted by atomic mass is 9.82. The standard InChI is InChI=1S/C12H15FN2O/c1-7-4-9(5-7)15-12(16)10-3-2-8(14)6-11(10)13/h2-3,6-7,9H,4-5,14H2,1H3,(H,15,16). The number of halogens is 1. The number of carbonyl (C=O) groups excluding carboxylic acids is 1. The molecular weight excluding hydrogens is 207 g/mol. The van der Waals surface area contributed by atoms with Crippen LogP contribution in [-0.2, 0) is 0 Å². The Balaban J connectivity index is 2.03. The molecule has 86 valence electrons. The third-order valence-corrected chi connectivity index (χ3v) is 2.95. The highest BCUT2D eigenvalue weighted by atomic mass is 19.1. The fourth-order valence-corrected chi connectivity index (χ4v) is 2.00. The summed E-state index contributed by atoms with van der Waals surface area (Å²) in [5.41, 5.74) is 5.80. The number of benzene rings is 1. The Labute approximate surface area is 93.8 Å². The lowest BCUT2D eigenvalue weighted by molar-refractivity contribution is 0.0892. The van der Waals surface area contributed by atoms with E-state index in [-0.39, 0.29) is 17.5 Å². The van der Waals surface area contributed by atoms with Crippen molar-refractivity contribution in [2.75, 3.05) is 5.73 Å². The minimum absolute atomic E-state index is 0.0637. The molecule has 0 heterocycles. The van der Waals surface area contributed by atoms with Gasteiger partial charge >= 0.3 is 0 Å². The predicted molar refractivity (Wildman–Crippen MR) is 60.5 cm³/mol. The number of nitrogen functional groups attached to an aromatic ring is 1. The summed E-state index contributed by atoms with van der Waals surface area (Å²) in [5, 5.41) is 2.80. The second-order valence-corrected chi connectivity index (χ2v) is 4.49. The largest absolute Gasteiger partial charge is 0.399 e. The normalized spacial score (nSPS) is 23.6. The van der Waals surface area contributed by atoms with Crippen molar-refractivity contribution >= 4 is 11.6 Å². The quantitative estimate of drug-likeness (QED) is 0.751. The molecule has 1 saturated carbocycles. The van der Waals surface area contributed by atoms with Gasteiger partial charge in [-0.1, -0.05) is 6.92 Å². The van der Waals surface area contributed by atoms with Gasteiger partial charge in [0.05, 0.1) is 5.56 Å². The van der Waals surface area contributed by atoms with E-state index in [0.29, 0.717) is 11.6 Å². The van der Waals surface area contributed by atoms with E-state index in [1.54, 1.807) is 0 Å². The number of rotatable bonds is 2. The van der Waals surface area contributed by atoms with E-state index in [4.69, 9.17) is 5.73 Å². The van der Waals surface area contributed by atoms with Gasteiger partial charge < -0.3 is 11.1 Å². The number of carbonyl (C=O) groups is 1. The van der Waals surface area contributed by atoms with Gasteiger partial charge in [0.25, 0.3) is 5.91 Å². The second kappa shape index (κ2) is 4.12. The Kier molecular flexibility index (Phi) is 2.81. The van der Waals surface area contributed by atoms with Crippen LogP contribution in [0.5, 0.6) is 0 Å². The molecule has 1 aromatic carbocycles. The molecule has 1 aliphatic rings. The van der Waals surface area contributed by atoms with Crippen molar-refractivity contribution in [1.29, 1.82) is 0 Å². The highest BCUT2D eigenvalue weighted by molar-refractivity contribution is 5.95. The average Bonchev–Trinajstić information content (AvgIpc) is 2.15. The summed E-state index contributed by atoms with van der Waals surface area (Å²) in [7, 11) is 0. The molecule has 3 nitrogen and oxygen atoms in total. The molecule has 0 aromatic heterocycles. The first-order valence-corrected chi connectivity index (χ1v) is 5.42. The molecule has 0 bridgehead atoms. The molecule has 0 saturated heterocycles. The maximum absolute atomic E-state index is 13.4. The van der Waals surface area contributed by atoms with Gasteiger partial charge in [-0.3, -0.25) is 4.79 Å². The SMILES string of the molecule is CC1CC(NC(=O)c2ccc(N)cc2F)C1. The Morgan fingerprint density at radius 2 is 2.19 bits per heavy atom. The van der Waals surface area contributed by atoms with Gasteiger partial charge in [0.1, 0.15) is 5.82 Å². The first-order valence-electron chi connectivity index (χ1n) is 5.42. The highest BCUT2D eigenvalue weighted by Crippen LogP contribution is 2.26. The third kappa shape index (κ3) is 2.15. The van der Waals surface area contributed by atoms with Crippen LogP contribution in [0.15, 0.2) is 18.2 Å². The second-order valence-electron chi connectivity index (χ2n) is 4.49. The number of amides is 1. The molecule has 1 aromatic rings. The van der Waals surface area contributed by atoms with Gasteiger partial charge in [-0.25, -0.2) is 4.39 Å². The maximum atomic E-state index is 13.4. The van der Waals surface area contributed by atoms with Crippen LogP contribution in [0.3, 0.4) is 0 Å². The van der Waals surface area contributed by atoms with Crippen molar-refractivity contribution < 1.29 is 9.18 Å². The number of anilines is 1. The number of nitrogens with one attached hydrogen (secondary N) is 1. The molecule has 0 aliphatic heterocycles. The van der Waals surface area contributed by atoms with Gasteiger partial charge in [0, 0.05) is 11.7 Å². The summed E-state index contributed by atoms with van der Waals surface area (Å²) < 4.78 is 13.4. The molecule has 0 atom stereocenters. The minimum atomic E-state index is -0.565. The molecule has 1 amide bonds. The maximum Gasteiger partial charge on any atom is 0.254 e. The molecule has 0 unspecified atom stereocenters. The van der Waals surface area contributed by atoms with Gasteiger partial charge in [0.15, 0.2) is 0 Å². The highest BCUT2D eigenvalue weighted by Gasteiger charge is 2.27. The molecule has 1 fully saturated rings. The zero-order valence-corrected chi connectivity index (χ0v) is 9.16. The number of hydrogen-bond acceptors (Lipinski definition) is 2. The number of hydrogen-bond donors (Lipinski definition) is 2. The van der Waals surface area contributed by atoms with Gasteiger partial charge in [-0.2, -0.15) is 0 Å². The Morgan fingerprint density at radius 3 is 2.75 bits per heavy atom. The smallest absolute Gasteiger partial charge is 0.254 e. The molecule has 1 aliphatic carbocycles. The summed E-state index contributed by atoms with van der Waals surface area (Å²) >= 11 is 0. The predicted octanol–water partition coefficient (Wildman–Crippen LogP) is 1.94. The molecule has 3 N–H and O–H groups in total. The number of nitrogens with two attached hydrogens (primary N) is 1. The molecule has 2 rings (SSSR count). The molecular formula is C12H15FN2O. The van der Waals surface area contributed by atoms with Crippen molar-refractivity contribution in [3.05, 3.63) is 29.6 Å². The zero-order valence-electron chi connectivity index (χ0n) is 9.16. The van der Waals surface area contributed by atoms with Crippen molar-refractivity contribution in [3.8, 4) is 0 Å². The van der Waals surface area contributed by atoms with E-state index in [9.17, 15) is 9.18 Å². The van der Waals surface area contributed by atoms with Crippen LogP contribution in [0.1, 0.15) is 30.1 Å². The molecule has 4 heteroatoms. The first kappa shape index (κ1) is 10.9. The van der Waals surface area contributed by atoms with Crippen LogP contribution in [0.2, 0.25) is 0 Å². The topological polar surface area (TPSA) is 55.1 Å².